The monoisotopic (exact) mass is 459 g/mol. The van der Waals surface area contributed by atoms with Gasteiger partial charge in [-0.2, -0.15) is 0 Å². The summed E-state index contributed by atoms with van der Waals surface area (Å²) in [5, 5.41) is 0.632. The number of carbonyl (C=O) groups is 1. The van der Waals surface area contributed by atoms with Crippen LogP contribution in [-0.4, -0.2) is 57.1 Å². The summed E-state index contributed by atoms with van der Waals surface area (Å²) >= 11 is 1.49. The second-order valence-electron chi connectivity index (χ2n) is 7.95. The number of nitrogens with zero attached hydrogens (tertiary/aromatic N) is 3. The standard InChI is InChI=1S/C23H29N3O3S2/c1-6-31(28,29)19-10-7-9-18(15-19)22(27)26(12-8-11-25(4)5)23-24-20-13-16(2)17(3)14-21(20)30-23/h7,9-10,13-15H,6,8,11-12H2,1-5H3. The quantitative estimate of drug-likeness (QED) is 0.502. The van der Waals surface area contributed by atoms with E-state index < -0.39 is 9.84 Å². The summed E-state index contributed by atoms with van der Waals surface area (Å²) in [6.45, 7) is 7.04. The summed E-state index contributed by atoms with van der Waals surface area (Å²) in [4.78, 5) is 22.1. The van der Waals surface area contributed by atoms with Crippen molar-refractivity contribution < 1.29 is 13.2 Å². The molecular formula is C23H29N3O3S2. The molecule has 0 aliphatic carbocycles. The van der Waals surface area contributed by atoms with Crippen LogP contribution in [0.4, 0.5) is 5.13 Å². The Morgan fingerprint density at radius 2 is 1.77 bits per heavy atom. The predicted molar refractivity (Wildman–Crippen MR) is 128 cm³/mol. The topological polar surface area (TPSA) is 70.6 Å². The molecule has 31 heavy (non-hydrogen) atoms. The molecule has 0 saturated heterocycles. The molecule has 2 aromatic carbocycles. The van der Waals surface area contributed by atoms with E-state index in [0.29, 0.717) is 17.2 Å². The Hall–Kier alpha value is -2.29. The van der Waals surface area contributed by atoms with Crippen molar-refractivity contribution in [1.82, 2.24) is 9.88 Å². The van der Waals surface area contributed by atoms with E-state index >= 15 is 0 Å². The second kappa shape index (κ2) is 9.46. The van der Waals surface area contributed by atoms with Crippen LogP contribution in [0.5, 0.6) is 0 Å². The van der Waals surface area contributed by atoms with Gasteiger partial charge in [-0.15, -0.1) is 0 Å². The lowest BCUT2D eigenvalue weighted by atomic mass is 10.1. The van der Waals surface area contributed by atoms with Crippen molar-refractivity contribution in [3.63, 3.8) is 0 Å². The average molecular weight is 460 g/mol. The predicted octanol–water partition coefficient (Wildman–Crippen LogP) is 4.31. The third-order valence-corrected chi connectivity index (χ3v) is 8.05. The fourth-order valence-electron chi connectivity index (χ4n) is 3.26. The fraction of sp³-hybridized carbons (Fsp3) is 0.391. The number of sulfone groups is 1. The first-order valence-electron chi connectivity index (χ1n) is 10.3. The van der Waals surface area contributed by atoms with Crippen molar-refractivity contribution in [2.75, 3.05) is 37.8 Å². The van der Waals surface area contributed by atoms with Gasteiger partial charge in [-0.1, -0.05) is 24.3 Å². The van der Waals surface area contributed by atoms with E-state index in [0.717, 1.165) is 28.7 Å². The van der Waals surface area contributed by atoms with Crippen molar-refractivity contribution in [3.8, 4) is 0 Å². The van der Waals surface area contributed by atoms with Gasteiger partial charge < -0.3 is 4.90 Å². The molecule has 0 N–H and O–H groups in total. The van der Waals surface area contributed by atoms with Gasteiger partial charge in [0.15, 0.2) is 15.0 Å². The van der Waals surface area contributed by atoms with Gasteiger partial charge >= 0.3 is 0 Å². The van der Waals surface area contributed by atoms with E-state index in [-0.39, 0.29) is 16.6 Å². The van der Waals surface area contributed by atoms with Crippen molar-refractivity contribution >= 4 is 42.4 Å². The third-order valence-electron chi connectivity index (χ3n) is 5.28. The number of amides is 1. The highest BCUT2D eigenvalue weighted by Gasteiger charge is 2.23. The molecule has 0 bridgehead atoms. The molecule has 0 atom stereocenters. The number of aryl methyl sites for hydroxylation is 2. The molecule has 166 valence electrons. The lowest BCUT2D eigenvalue weighted by Gasteiger charge is -2.21. The maximum absolute atomic E-state index is 13.5. The molecule has 0 aliphatic heterocycles. The molecule has 3 aromatic rings. The van der Waals surface area contributed by atoms with E-state index in [9.17, 15) is 13.2 Å². The first kappa shape index (κ1) is 23.4. The van der Waals surface area contributed by atoms with Gasteiger partial charge in [0.25, 0.3) is 5.91 Å². The Balaban J connectivity index is 2.01. The SMILES string of the molecule is CCS(=O)(=O)c1cccc(C(=O)N(CCCN(C)C)c2nc3cc(C)c(C)cc3s2)c1. The van der Waals surface area contributed by atoms with Crippen LogP contribution >= 0.6 is 11.3 Å². The summed E-state index contributed by atoms with van der Waals surface area (Å²) in [7, 11) is 0.596. The Morgan fingerprint density at radius 3 is 2.45 bits per heavy atom. The number of anilines is 1. The zero-order valence-corrected chi connectivity index (χ0v) is 20.3. The Bertz CT molecular complexity index is 1160. The minimum absolute atomic E-state index is 0.00619. The zero-order chi connectivity index (χ0) is 22.8. The van der Waals surface area contributed by atoms with Crippen LogP contribution in [0.25, 0.3) is 10.2 Å². The van der Waals surface area contributed by atoms with Crippen molar-refractivity contribution in [2.24, 2.45) is 0 Å². The Kier molecular flexibility index (Phi) is 7.13. The zero-order valence-electron chi connectivity index (χ0n) is 18.7. The Morgan fingerprint density at radius 1 is 1.06 bits per heavy atom. The minimum atomic E-state index is -3.39. The first-order valence-corrected chi connectivity index (χ1v) is 12.8. The molecule has 3 rings (SSSR count). The van der Waals surface area contributed by atoms with Gasteiger partial charge in [-0.3, -0.25) is 9.69 Å². The smallest absolute Gasteiger partial charge is 0.260 e. The molecule has 0 spiro atoms. The second-order valence-corrected chi connectivity index (χ2v) is 11.2. The molecule has 0 unspecified atom stereocenters. The lowest BCUT2D eigenvalue weighted by Crippen LogP contribution is -2.33. The largest absolute Gasteiger partial charge is 0.309 e. The van der Waals surface area contributed by atoms with Crippen LogP contribution in [0.2, 0.25) is 0 Å². The minimum Gasteiger partial charge on any atom is -0.309 e. The highest BCUT2D eigenvalue weighted by Crippen LogP contribution is 2.32. The highest BCUT2D eigenvalue weighted by molar-refractivity contribution is 7.91. The van der Waals surface area contributed by atoms with E-state index in [1.807, 2.05) is 27.1 Å². The summed E-state index contributed by atoms with van der Waals surface area (Å²) in [5.41, 5.74) is 3.57. The summed E-state index contributed by atoms with van der Waals surface area (Å²) < 4.78 is 25.6. The first-order chi connectivity index (χ1) is 14.6. The van der Waals surface area contributed by atoms with Crippen LogP contribution in [-0.2, 0) is 9.84 Å². The van der Waals surface area contributed by atoms with Crippen LogP contribution in [0, 0.1) is 13.8 Å². The summed E-state index contributed by atoms with van der Waals surface area (Å²) in [6.07, 6.45) is 0.777. The Labute approximate surface area is 188 Å². The molecule has 0 saturated carbocycles. The van der Waals surface area contributed by atoms with E-state index in [2.05, 4.69) is 17.9 Å². The molecule has 1 amide bonds. The molecule has 6 nitrogen and oxygen atoms in total. The molecule has 8 heteroatoms. The summed E-state index contributed by atoms with van der Waals surface area (Å²) in [5.74, 6) is -0.243. The van der Waals surface area contributed by atoms with Gasteiger partial charge in [0.2, 0.25) is 0 Å². The number of rotatable bonds is 8. The van der Waals surface area contributed by atoms with Gasteiger partial charge in [-0.25, -0.2) is 13.4 Å². The number of thiazole rings is 1. The molecule has 0 fully saturated rings. The number of hydrogen-bond acceptors (Lipinski definition) is 6. The van der Waals surface area contributed by atoms with Crippen LogP contribution in [0.15, 0.2) is 41.3 Å². The number of hydrogen-bond donors (Lipinski definition) is 0. The van der Waals surface area contributed by atoms with Crippen molar-refractivity contribution in [3.05, 3.63) is 53.1 Å². The number of carbonyl (C=O) groups excluding carboxylic acids is 1. The molecular weight excluding hydrogens is 430 g/mol. The molecule has 0 radical (unpaired) electrons. The number of fused-ring (bicyclic) bond motifs is 1. The molecule has 0 aliphatic rings. The van der Waals surface area contributed by atoms with Gasteiger partial charge in [0.05, 0.1) is 20.9 Å². The van der Waals surface area contributed by atoms with E-state index in [1.165, 1.54) is 29.0 Å². The van der Waals surface area contributed by atoms with Gasteiger partial charge in [0.1, 0.15) is 0 Å². The molecule has 1 heterocycles. The number of benzene rings is 2. The van der Waals surface area contributed by atoms with Crippen molar-refractivity contribution in [1.29, 1.82) is 0 Å². The number of aromatic nitrogens is 1. The maximum Gasteiger partial charge on any atom is 0.260 e. The van der Waals surface area contributed by atoms with Gasteiger partial charge in [0, 0.05) is 12.1 Å². The molecule has 1 aromatic heterocycles. The van der Waals surface area contributed by atoms with E-state index in [1.54, 1.807) is 24.0 Å². The maximum atomic E-state index is 13.5. The summed E-state index contributed by atoms with van der Waals surface area (Å²) in [6, 6.07) is 10.4. The average Bonchev–Trinajstić information content (AvgIpc) is 3.13. The highest BCUT2D eigenvalue weighted by atomic mass is 32.2. The van der Waals surface area contributed by atoms with Gasteiger partial charge in [-0.05, 0) is 82.4 Å². The van der Waals surface area contributed by atoms with Crippen molar-refractivity contribution in [2.45, 2.75) is 32.1 Å². The van der Waals surface area contributed by atoms with Crippen LogP contribution < -0.4 is 4.90 Å². The van der Waals surface area contributed by atoms with E-state index in [4.69, 9.17) is 4.98 Å². The van der Waals surface area contributed by atoms with Crippen LogP contribution in [0.3, 0.4) is 0 Å². The normalized spacial score (nSPS) is 11.9. The fourth-order valence-corrected chi connectivity index (χ4v) is 5.25. The van der Waals surface area contributed by atoms with Crippen LogP contribution in [0.1, 0.15) is 34.8 Å². The lowest BCUT2D eigenvalue weighted by molar-refractivity contribution is 0.0986. The third kappa shape index (κ3) is 5.31.